The molecule has 0 aromatic carbocycles. The average Bonchev–Trinajstić information content (AvgIpc) is 3.47. The number of anilines is 1. The maximum absolute atomic E-state index is 13.0. The van der Waals surface area contributed by atoms with Crippen LogP contribution in [0.4, 0.5) is 19.0 Å². The van der Waals surface area contributed by atoms with E-state index < -0.39 is 34.6 Å². The molecule has 0 aliphatic carbocycles. The molecule has 4 rings (SSSR count). The van der Waals surface area contributed by atoms with Crippen molar-refractivity contribution in [1.82, 2.24) is 40.2 Å². The van der Waals surface area contributed by atoms with Crippen LogP contribution in [0, 0.1) is 0 Å². The molecule has 0 saturated heterocycles. The Balaban J connectivity index is 1.46. The number of hydrogen-bond donors (Lipinski definition) is 2. The minimum absolute atomic E-state index is 0.0327. The second-order valence-corrected chi connectivity index (χ2v) is 8.53. The van der Waals surface area contributed by atoms with Gasteiger partial charge in [0, 0.05) is 12.7 Å². The van der Waals surface area contributed by atoms with Crippen molar-refractivity contribution in [3.63, 3.8) is 0 Å². The molecule has 4 aromatic heterocycles. The third-order valence-corrected chi connectivity index (χ3v) is 6.16. The van der Waals surface area contributed by atoms with Crippen LogP contribution in [0.2, 0.25) is 5.02 Å². The molecule has 2 N–H and O–H groups in total. The molecule has 1 unspecified atom stereocenters. The van der Waals surface area contributed by atoms with E-state index in [9.17, 15) is 22.8 Å². The minimum Gasteiger partial charge on any atom is -0.342 e. The predicted octanol–water partition coefficient (Wildman–Crippen LogP) is 3.51. The summed E-state index contributed by atoms with van der Waals surface area (Å²) < 4.78 is 40.6. The van der Waals surface area contributed by atoms with Gasteiger partial charge in [-0.1, -0.05) is 16.8 Å². The van der Waals surface area contributed by atoms with Crippen LogP contribution in [0.5, 0.6) is 0 Å². The highest BCUT2D eigenvalue weighted by atomic mass is 35.5. The molecule has 0 spiro atoms. The monoisotopic (exact) mass is 525 g/mol. The number of rotatable bonds is 6. The molecule has 182 valence electrons. The van der Waals surface area contributed by atoms with Gasteiger partial charge in [0.2, 0.25) is 0 Å². The number of fused-ring (bicyclic) bond motifs is 1. The highest BCUT2D eigenvalue weighted by Gasteiger charge is 2.34. The van der Waals surface area contributed by atoms with Gasteiger partial charge in [-0.2, -0.15) is 13.2 Å². The molecular formula is C19H15ClF3N9O2S. The van der Waals surface area contributed by atoms with Crippen LogP contribution in [-0.2, 0) is 12.7 Å². The first kappa shape index (κ1) is 24.4. The first-order valence-electron chi connectivity index (χ1n) is 9.93. The average molecular weight is 526 g/mol. The lowest BCUT2D eigenvalue weighted by atomic mass is 10.2. The van der Waals surface area contributed by atoms with Crippen molar-refractivity contribution in [2.45, 2.75) is 32.6 Å². The number of carbonyl (C=O) groups excluding carboxylic acids is 2. The van der Waals surface area contributed by atoms with E-state index in [1.165, 1.54) is 17.2 Å². The van der Waals surface area contributed by atoms with Gasteiger partial charge >= 0.3 is 6.18 Å². The molecule has 2 amide bonds. The van der Waals surface area contributed by atoms with Gasteiger partial charge in [0.05, 0.1) is 22.8 Å². The Morgan fingerprint density at radius 1 is 1.17 bits per heavy atom. The van der Waals surface area contributed by atoms with Gasteiger partial charge in [0.25, 0.3) is 11.8 Å². The van der Waals surface area contributed by atoms with Gasteiger partial charge in [0.15, 0.2) is 16.9 Å². The van der Waals surface area contributed by atoms with E-state index in [0.29, 0.717) is 23.3 Å². The van der Waals surface area contributed by atoms with Crippen LogP contribution < -0.4 is 10.6 Å². The third-order valence-electron chi connectivity index (χ3n) is 4.68. The molecule has 4 heterocycles. The molecule has 0 aliphatic rings. The lowest BCUT2D eigenvalue weighted by molar-refractivity contribution is -0.137. The zero-order chi connectivity index (χ0) is 25.3. The fourth-order valence-electron chi connectivity index (χ4n) is 2.99. The van der Waals surface area contributed by atoms with Crippen LogP contribution in [0.3, 0.4) is 0 Å². The van der Waals surface area contributed by atoms with Crippen LogP contribution in [-0.4, -0.2) is 46.7 Å². The molecule has 16 heteroatoms. The fourth-order valence-corrected chi connectivity index (χ4v) is 4.02. The van der Waals surface area contributed by atoms with Gasteiger partial charge < -0.3 is 10.6 Å². The Morgan fingerprint density at radius 3 is 2.66 bits per heavy atom. The number of thiazole rings is 1. The van der Waals surface area contributed by atoms with Gasteiger partial charge in [0.1, 0.15) is 22.0 Å². The maximum Gasteiger partial charge on any atom is 0.418 e. The number of aryl methyl sites for hydroxylation is 1. The van der Waals surface area contributed by atoms with Crippen LogP contribution in [0.15, 0.2) is 24.8 Å². The summed E-state index contributed by atoms with van der Waals surface area (Å²) in [6.07, 6.45) is -1.42. The zero-order valence-corrected chi connectivity index (χ0v) is 19.5. The van der Waals surface area contributed by atoms with Crippen molar-refractivity contribution in [2.75, 3.05) is 5.32 Å². The van der Waals surface area contributed by atoms with Gasteiger partial charge in [-0.25, -0.2) is 24.6 Å². The topological polar surface area (TPSA) is 140 Å². The summed E-state index contributed by atoms with van der Waals surface area (Å²) in [7, 11) is 0. The first-order valence-corrected chi connectivity index (χ1v) is 11.1. The molecule has 11 nitrogen and oxygen atoms in total. The fraction of sp³-hybridized carbons (Fsp3) is 0.263. The van der Waals surface area contributed by atoms with E-state index >= 15 is 0 Å². The smallest absolute Gasteiger partial charge is 0.342 e. The molecule has 0 radical (unpaired) electrons. The van der Waals surface area contributed by atoms with Crippen molar-refractivity contribution in [1.29, 1.82) is 0 Å². The quantitative estimate of drug-likeness (QED) is 0.389. The van der Waals surface area contributed by atoms with Crippen molar-refractivity contribution >= 4 is 51.7 Å². The number of nitrogens with one attached hydrogen (secondary N) is 2. The molecule has 0 aliphatic heterocycles. The third kappa shape index (κ3) is 5.05. The molecule has 0 fully saturated rings. The van der Waals surface area contributed by atoms with E-state index in [0.717, 1.165) is 17.5 Å². The highest BCUT2D eigenvalue weighted by Crippen LogP contribution is 2.35. The number of nitrogens with zero attached hydrogens (tertiary/aromatic N) is 7. The molecule has 0 bridgehead atoms. The van der Waals surface area contributed by atoms with Crippen molar-refractivity contribution in [3.05, 3.63) is 51.0 Å². The maximum atomic E-state index is 13.0. The van der Waals surface area contributed by atoms with E-state index in [4.69, 9.17) is 11.6 Å². The Bertz CT molecular complexity index is 1420. The van der Waals surface area contributed by atoms with Crippen LogP contribution in [0.1, 0.15) is 50.6 Å². The summed E-state index contributed by atoms with van der Waals surface area (Å²) in [6, 6.07) is 0.0214. The Kier molecular flexibility index (Phi) is 6.62. The lowest BCUT2D eigenvalue weighted by Gasteiger charge is -2.11. The largest absolute Gasteiger partial charge is 0.418 e. The molecule has 0 saturated carbocycles. The van der Waals surface area contributed by atoms with Crippen molar-refractivity contribution in [2.24, 2.45) is 0 Å². The molecule has 4 aromatic rings. The molecule has 35 heavy (non-hydrogen) atoms. The van der Waals surface area contributed by atoms with Gasteiger partial charge in [-0.05, 0) is 19.9 Å². The normalized spacial score (nSPS) is 12.5. The Morgan fingerprint density at radius 2 is 1.94 bits per heavy atom. The Labute approximate surface area is 203 Å². The summed E-state index contributed by atoms with van der Waals surface area (Å²) in [5.74, 6) is -1.58. The predicted molar refractivity (Wildman–Crippen MR) is 119 cm³/mol. The number of carbonyl (C=O) groups is 2. The standard InChI is InChI=1S/C19H15ClF3N9O2S/c1-3-32-15-13(30-31-32)14(26-7-27-15)17(34)28-8(2)18-25-6-11(35-18)16(33)29-12-4-9(19(21,22)23)10(20)5-24-12/h4-8H,3H2,1-2H3,(H,28,34)(H,24,29,33). The van der Waals surface area contributed by atoms with Crippen LogP contribution in [0.25, 0.3) is 11.2 Å². The SMILES string of the molecule is CCn1nnc2c(C(=O)NC(C)c3ncc(C(=O)Nc4cc(C(F)(F)F)c(Cl)cn4)s3)ncnc21. The first-order chi connectivity index (χ1) is 16.6. The summed E-state index contributed by atoms with van der Waals surface area (Å²) in [5.41, 5.74) is -0.432. The number of halogens is 4. The summed E-state index contributed by atoms with van der Waals surface area (Å²) in [5, 5.41) is 12.7. The zero-order valence-electron chi connectivity index (χ0n) is 18.0. The van der Waals surface area contributed by atoms with Crippen LogP contribution >= 0.6 is 22.9 Å². The number of amides is 2. The van der Waals surface area contributed by atoms with Crippen molar-refractivity contribution < 1.29 is 22.8 Å². The molecule has 1 atom stereocenters. The number of aromatic nitrogens is 7. The molecular weight excluding hydrogens is 511 g/mol. The highest BCUT2D eigenvalue weighted by molar-refractivity contribution is 7.13. The summed E-state index contributed by atoms with van der Waals surface area (Å²) in [4.78, 5) is 41.3. The minimum atomic E-state index is -4.70. The van der Waals surface area contributed by atoms with E-state index in [1.807, 2.05) is 6.92 Å². The van der Waals surface area contributed by atoms with Gasteiger partial charge in [-0.3, -0.25) is 9.59 Å². The second-order valence-electron chi connectivity index (χ2n) is 7.06. The summed E-state index contributed by atoms with van der Waals surface area (Å²) in [6.45, 7) is 4.01. The second kappa shape index (κ2) is 9.50. The van der Waals surface area contributed by atoms with E-state index in [1.54, 1.807) is 6.92 Å². The van der Waals surface area contributed by atoms with Gasteiger partial charge in [-0.15, -0.1) is 16.4 Å². The van der Waals surface area contributed by atoms with E-state index in [-0.39, 0.29) is 21.9 Å². The lowest BCUT2D eigenvalue weighted by Crippen LogP contribution is -2.27. The van der Waals surface area contributed by atoms with Crippen molar-refractivity contribution in [3.8, 4) is 0 Å². The summed E-state index contributed by atoms with van der Waals surface area (Å²) >= 11 is 6.50. The van der Waals surface area contributed by atoms with E-state index in [2.05, 4.69) is 40.9 Å². The number of alkyl halides is 3. The number of hydrogen-bond acceptors (Lipinski definition) is 9. The number of pyridine rings is 1. The Hall–Kier alpha value is -3.72.